The van der Waals surface area contributed by atoms with Gasteiger partial charge in [-0.2, -0.15) is 0 Å². The molecule has 1 rings (SSSR count). The lowest BCUT2D eigenvalue weighted by Gasteiger charge is -2.36. The number of ether oxygens (including phenoxy) is 1. The molecule has 4 nitrogen and oxygen atoms in total. The first-order valence-electron chi connectivity index (χ1n) is 6.19. The number of aromatic carboxylic acids is 1. The largest absolute Gasteiger partial charge is 0.543 e. The molecule has 0 aliphatic heterocycles. The monoisotopic (exact) mass is 282 g/mol. The summed E-state index contributed by atoms with van der Waals surface area (Å²) in [5, 5.41) is 9.22. The zero-order valence-electron chi connectivity index (χ0n) is 12.4. The molecule has 0 saturated heterocycles. The zero-order chi connectivity index (χ0) is 14.8. The highest BCUT2D eigenvalue weighted by atomic mass is 28.4. The number of carboxylic acids is 1. The van der Waals surface area contributed by atoms with Gasteiger partial charge in [0.25, 0.3) is 0 Å². The van der Waals surface area contributed by atoms with E-state index in [-0.39, 0.29) is 10.6 Å². The fourth-order valence-corrected chi connectivity index (χ4v) is 2.39. The van der Waals surface area contributed by atoms with Gasteiger partial charge >= 0.3 is 5.97 Å². The summed E-state index contributed by atoms with van der Waals surface area (Å²) >= 11 is 0. The number of carboxylic acid groups (broad SMARTS) is 1. The normalized spacial score (nSPS) is 12.1. The minimum atomic E-state index is -1.96. The van der Waals surface area contributed by atoms with E-state index in [1.54, 1.807) is 12.1 Å². The minimum absolute atomic E-state index is 0.0658. The van der Waals surface area contributed by atoms with E-state index in [0.29, 0.717) is 11.5 Å². The van der Waals surface area contributed by atoms with E-state index in [4.69, 9.17) is 14.3 Å². The second-order valence-electron chi connectivity index (χ2n) is 6.03. The number of hydrogen-bond acceptors (Lipinski definition) is 3. The number of rotatable bonds is 4. The highest BCUT2D eigenvalue weighted by molar-refractivity contribution is 6.74. The average molecular weight is 282 g/mol. The van der Waals surface area contributed by atoms with Crippen LogP contribution in [-0.4, -0.2) is 26.5 Å². The smallest absolute Gasteiger partial charge is 0.339 e. The van der Waals surface area contributed by atoms with Crippen LogP contribution in [0.2, 0.25) is 18.1 Å². The molecule has 0 heterocycles. The van der Waals surface area contributed by atoms with Crippen LogP contribution in [0.5, 0.6) is 11.5 Å². The Hall–Kier alpha value is -1.49. The van der Waals surface area contributed by atoms with E-state index in [1.807, 2.05) is 0 Å². The van der Waals surface area contributed by atoms with Gasteiger partial charge in [-0.3, -0.25) is 0 Å². The predicted octanol–water partition coefficient (Wildman–Crippen LogP) is 3.78. The summed E-state index contributed by atoms with van der Waals surface area (Å²) < 4.78 is 11.1. The van der Waals surface area contributed by atoms with Crippen molar-refractivity contribution in [2.24, 2.45) is 0 Å². The first-order valence-corrected chi connectivity index (χ1v) is 9.09. The first-order chi connectivity index (χ1) is 8.58. The second kappa shape index (κ2) is 5.25. The van der Waals surface area contributed by atoms with Crippen molar-refractivity contribution >= 4 is 14.3 Å². The standard InChI is InChI=1S/C14H22O4Si/c1-14(2,3)19(5,6)18-10-7-8-12(17-4)11(9-10)13(15)16/h7-9H,1-6H3,(H,15,16). The van der Waals surface area contributed by atoms with E-state index < -0.39 is 14.3 Å². The molecule has 0 aliphatic carbocycles. The number of methoxy groups -OCH3 is 1. The molecule has 1 N–H and O–H groups in total. The van der Waals surface area contributed by atoms with Gasteiger partial charge in [-0.15, -0.1) is 0 Å². The molecule has 0 aromatic heterocycles. The maximum atomic E-state index is 11.2. The number of benzene rings is 1. The fourth-order valence-electron chi connectivity index (χ4n) is 1.37. The molecule has 0 spiro atoms. The van der Waals surface area contributed by atoms with Crippen molar-refractivity contribution in [3.8, 4) is 11.5 Å². The van der Waals surface area contributed by atoms with Gasteiger partial charge in [-0.1, -0.05) is 20.8 Å². The molecule has 0 radical (unpaired) electrons. The Morgan fingerprint density at radius 1 is 1.26 bits per heavy atom. The molecule has 0 unspecified atom stereocenters. The van der Waals surface area contributed by atoms with Crippen LogP contribution in [0.1, 0.15) is 31.1 Å². The Balaban J connectivity index is 3.11. The van der Waals surface area contributed by atoms with Gasteiger partial charge in [-0.25, -0.2) is 4.79 Å². The average Bonchev–Trinajstić information content (AvgIpc) is 2.26. The molecule has 19 heavy (non-hydrogen) atoms. The van der Waals surface area contributed by atoms with Crippen LogP contribution in [0.15, 0.2) is 18.2 Å². The third-order valence-corrected chi connectivity index (χ3v) is 7.94. The molecule has 106 valence electrons. The lowest BCUT2D eigenvalue weighted by atomic mass is 10.2. The van der Waals surface area contributed by atoms with Crippen LogP contribution in [-0.2, 0) is 0 Å². The summed E-state index contributed by atoms with van der Waals surface area (Å²) in [5.41, 5.74) is 0.124. The van der Waals surface area contributed by atoms with Gasteiger partial charge < -0.3 is 14.3 Å². The molecule has 0 fully saturated rings. The van der Waals surface area contributed by atoms with Gasteiger partial charge in [0, 0.05) is 0 Å². The van der Waals surface area contributed by atoms with Gasteiger partial charge in [0.2, 0.25) is 8.32 Å². The Kier molecular flexibility index (Phi) is 4.30. The van der Waals surface area contributed by atoms with E-state index in [0.717, 1.165) is 0 Å². The second-order valence-corrected chi connectivity index (χ2v) is 10.8. The summed E-state index contributed by atoms with van der Waals surface area (Å²) in [7, 11) is -0.510. The predicted molar refractivity (Wildman–Crippen MR) is 77.8 cm³/mol. The molecular formula is C14H22O4Si. The Morgan fingerprint density at radius 3 is 2.26 bits per heavy atom. The Labute approximate surface area is 115 Å². The first kappa shape index (κ1) is 15.6. The number of hydrogen-bond donors (Lipinski definition) is 1. The molecular weight excluding hydrogens is 260 g/mol. The van der Waals surface area contributed by atoms with E-state index >= 15 is 0 Å². The van der Waals surface area contributed by atoms with E-state index in [9.17, 15) is 4.79 Å². The van der Waals surface area contributed by atoms with Crippen molar-refractivity contribution in [2.75, 3.05) is 7.11 Å². The molecule has 1 aromatic carbocycles. The van der Waals surface area contributed by atoms with E-state index in [2.05, 4.69) is 33.9 Å². The van der Waals surface area contributed by atoms with Gasteiger partial charge in [0.05, 0.1) is 7.11 Å². The van der Waals surface area contributed by atoms with Crippen LogP contribution in [0.25, 0.3) is 0 Å². The van der Waals surface area contributed by atoms with Crippen LogP contribution < -0.4 is 9.16 Å². The van der Waals surface area contributed by atoms with Gasteiger partial charge in [0.1, 0.15) is 17.1 Å². The lowest BCUT2D eigenvalue weighted by molar-refractivity contribution is 0.0693. The highest BCUT2D eigenvalue weighted by Crippen LogP contribution is 2.38. The summed E-state index contributed by atoms with van der Waals surface area (Å²) in [5.74, 6) is -0.0857. The van der Waals surface area contributed by atoms with Crippen molar-refractivity contribution in [1.82, 2.24) is 0 Å². The number of carbonyl (C=O) groups is 1. The fraction of sp³-hybridized carbons (Fsp3) is 0.500. The van der Waals surface area contributed by atoms with Crippen molar-refractivity contribution in [3.63, 3.8) is 0 Å². The van der Waals surface area contributed by atoms with Crippen LogP contribution in [0.3, 0.4) is 0 Å². The molecule has 0 atom stereocenters. The summed E-state index contributed by atoms with van der Waals surface area (Å²) in [6.45, 7) is 10.7. The van der Waals surface area contributed by atoms with Crippen molar-refractivity contribution in [3.05, 3.63) is 23.8 Å². The van der Waals surface area contributed by atoms with E-state index in [1.165, 1.54) is 13.2 Å². The van der Waals surface area contributed by atoms with Crippen LogP contribution in [0.4, 0.5) is 0 Å². The third-order valence-electron chi connectivity index (χ3n) is 3.58. The topological polar surface area (TPSA) is 55.8 Å². The maximum absolute atomic E-state index is 11.2. The SMILES string of the molecule is COc1ccc(O[Si](C)(C)C(C)(C)C)cc1C(=O)O. The van der Waals surface area contributed by atoms with Crippen molar-refractivity contribution in [1.29, 1.82) is 0 Å². The van der Waals surface area contributed by atoms with Crippen LogP contribution in [0, 0.1) is 0 Å². The maximum Gasteiger partial charge on any atom is 0.339 e. The molecule has 0 aliphatic rings. The lowest BCUT2D eigenvalue weighted by Crippen LogP contribution is -2.43. The Morgan fingerprint density at radius 2 is 1.84 bits per heavy atom. The molecule has 0 bridgehead atoms. The van der Waals surface area contributed by atoms with Gasteiger partial charge in [-0.05, 0) is 36.3 Å². The minimum Gasteiger partial charge on any atom is -0.543 e. The summed E-state index contributed by atoms with van der Waals surface area (Å²) in [6.07, 6.45) is 0. The molecule has 1 aromatic rings. The molecule has 5 heteroatoms. The van der Waals surface area contributed by atoms with Crippen molar-refractivity contribution < 1.29 is 19.1 Å². The van der Waals surface area contributed by atoms with Crippen molar-refractivity contribution in [2.45, 2.75) is 38.9 Å². The zero-order valence-corrected chi connectivity index (χ0v) is 13.4. The molecule has 0 amide bonds. The van der Waals surface area contributed by atoms with Crippen LogP contribution >= 0.6 is 0 Å². The van der Waals surface area contributed by atoms with Gasteiger partial charge in [0.15, 0.2) is 0 Å². The molecule has 0 saturated carbocycles. The highest BCUT2D eigenvalue weighted by Gasteiger charge is 2.39. The summed E-state index contributed by atoms with van der Waals surface area (Å²) in [6, 6.07) is 4.92. The summed E-state index contributed by atoms with van der Waals surface area (Å²) in [4.78, 5) is 11.2. The Bertz CT molecular complexity index is 475. The quantitative estimate of drug-likeness (QED) is 0.854. The third kappa shape index (κ3) is 3.50.